The van der Waals surface area contributed by atoms with E-state index < -0.39 is 0 Å². The Hall–Kier alpha value is -3.35. The monoisotopic (exact) mass is 321 g/mol. The number of nitrogens with zero attached hydrogens (tertiary/aromatic N) is 5. The first-order valence-corrected chi connectivity index (χ1v) is 7.31. The predicted molar refractivity (Wildman–Crippen MR) is 84.3 cm³/mol. The van der Waals surface area contributed by atoms with Gasteiger partial charge >= 0.3 is 0 Å². The lowest BCUT2D eigenvalue weighted by molar-refractivity contribution is 0.550. The van der Waals surface area contributed by atoms with Crippen LogP contribution in [-0.4, -0.2) is 25.2 Å². The lowest BCUT2D eigenvalue weighted by Gasteiger charge is -1.95. The molecule has 0 aliphatic heterocycles. The minimum Gasteiger partial charge on any atom is -0.444 e. The highest BCUT2D eigenvalue weighted by Gasteiger charge is 2.10. The van der Waals surface area contributed by atoms with E-state index >= 15 is 0 Å². The standard InChI is InChI=1S/C17H12FN5O/c18-14-8-4-7-13(9-14)16-20-22-23(21-16)10-15-11-24-17(19-15)12-5-2-1-3-6-12/h1-9,11H,10H2. The summed E-state index contributed by atoms with van der Waals surface area (Å²) >= 11 is 0. The molecular weight excluding hydrogens is 309 g/mol. The van der Waals surface area contributed by atoms with Gasteiger partial charge in [-0.05, 0) is 29.5 Å². The first-order valence-electron chi connectivity index (χ1n) is 7.31. The second-order valence-corrected chi connectivity index (χ2v) is 5.16. The van der Waals surface area contributed by atoms with Gasteiger partial charge in [-0.1, -0.05) is 30.3 Å². The Labute approximate surface area is 136 Å². The third-order valence-electron chi connectivity index (χ3n) is 3.41. The summed E-state index contributed by atoms with van der Waals surface area (Å²) in [6, 6.07) is 15.7. The molecular formula is C17H12FN5O. The Morgan fingerprint density at radius 1 is 1.00 bits per heavy atom. The van der Waals surface area contributed by atoms with Crippen LogP contribution < -0.4 is 0 Å². The van der Waals surface area contributed by atoms with Gasteiger partial charge < -0.3 is 4.42 Å². The van der Waals surface area contributed by atoms with Crippen LogP contribution >= 0.6 is 0 Å². The van der Waals surface area contributed by atoms with Gasteiger partial charge in [0.15, 0.2) is 0 Å². The molecule has 2 aromatic carbocycles. The number of rotatable bonds is 4. The molecule has 0 spiro atoms. The number of halogens is 1. The summed E-state index contributed by atoms with van der Waals surface area (Å²) in [5, 5.41) is 12.2. The highest BCUT2D eigenvalue weighted by Crippen LogP contribution is 2.18. The van der Waals surface area contributed by atoms with Crippen molar-refractivity contribution in [3.8, 4) is 22.8 Å². The number of aromatic nitrogens is 5. The zero-order chi connectivity index (χ0) is 16.4. The number of benzene rings is 2. The van der Waals surface area contributed by atoms with Gasteiger partial charge in [-0.15, -0.1) is 10.2 Å². The predicted octanol–water partition coefficient (Wildman–Crippen LogP) is 3.18. The smallest absolute Gasteiger partial charge is 0.226 e. The lowest BCUT2D eigenvalue weighted by atomic mass is 10.2. The lowest BCUT2D eigenvalue weighted by Crippen LogP contribution is -2.04. The molecule has 2 aromatic heterocycles. The maximum atomic E-state index is 13.3. The van der Waals surface area contributed by atoms with E-state index in [0.717, 1.165) is 5.56 Å². The van der Waals surface area contributed by atoms with Gasteiger partial charge in [0.05, 0.1) is 0 Å². The van der Waals surface area contributed by atoms with Crippen molar-refractivity contribution in [2.45, 2.75) is 6.54 Å². The number of oxazole rings is 1. The molecule has 6 nitrogen and oxygen atoms in total. The molecule has 0 saturated carbocycles. The van der Waals surface area contributed by atoms with Gasteiger partial charge in [-0.3, -0.25) is 0 Å². The highest BCUT2D eigenvalue weighted by molar-refractivity contribution is 5.53. The molecule has 4 rings (SSSR count). The number of hydrogen-bond donors (Lipinski definition) is 0. The Balaban J connectivity index is 1.54. The minimum absolute atomic E-state index is 0.318. The summed E-state index contributed by atoms with van der Waals surface area (Å²) in [5.41, 5.74) is 2.15. The molecule has 118 valence electrons. The molecule has 0 unspecified atom stereocenters. The van der Waals surface area contributed by atoms with Crippen LogP contribution in [0.1, 0.15) is 5.69 Å². The normalized spacial score (nSPS) is 10.9. The maximum absolute atomic E-state index is 13.3. The Kier molecular flexibility index (Phi) is 3.59. The molecule has 0 aliphatic carbocycles. The van der Waals surface area contributed by atoms with E-state index in [4.69, 9.17) is 4.42 Å². The van der Waals surface area contributed by atoms with E-state index in [1.165, 1.54) is 16.9 Å². The fourth-order valence-electron chi connectivity index (χ4n) is 2.29. The molecule has 24 heavy (non-hydrogen) atoms. The van der Waals surface area contributed by atoms with Crippen LogP contribution in [0.4, 0.5) is 4.39 Å². The van der Waals surface area contributed by atoms with Crippen LogP contribution in [0, 0.1) is 5.82 Å². The first kappa shape index (κ1) is 14.3. The van der Waals surface area contributed by atoms with E-state index in [1.807, 2.05) is 30.3 Å². The van der Waals surface area contributed by atoms with E-state index in [0.29, 0.717) is 29.5 Å². The summed E-state index contributed by atoms with van der Waals surface area (Å²) in [6.45, 7) is 0.318. The van der Waals surface area contributed by atoms with Crippen molar-refractivity contribution < 1.29 is 8.81 Å². The van der Waals surface area contributed by atoms with Gasteiger partial charge in [-0.25, -0.2) is 9.37 Å². The van der Waals surface area contributed by atoms with Crippen molar-refractivity contribution in [2.24, 2.45) is 0 Å². The fraction of sp³-hybridized carbons (Fsp3) is 0.0588. The van der Waals surface area contributed by atoms with Gasteiger partial charge in [0.25, 0.3) is 0 Å². The van der Waals surface area contributed by atoms with Crippen molar-refractivity contribution in [3.05, 3.63) is 72.4 Å². The summed E-state index contributed by atoms with van der Waals surface area (Å²) in [4.78, 5) is 5.81. The van der Waals surface area contributed by atoms with Gasteiger partial charge in [-0.2, -0.15) is 4.80 Å². The van der Waals surface area contributed by atoms with E-state index in [2.05, 4.69) is 20.4 Å². The number of tetrazole rings is 1. The van der Waals surface area contributed by atoms with E-state index in [1.54, 1.807) is 18.4 Å². The average molecular weight is 321 g/mol. The van der Waals surface area contributed by atoms with Crippen LogP contribution in [0.5, 0.6) is 0 Å². The van der Waals surface area contributed by atoms with Crippen molar-refractivity contribution in [1.82, 2.24) is 25.2 Å². The van der Waals surface area contributed by atoms with E-state index in [9.17, 15) is 4.39 Å². The molecule has 0 amide bonds. The molecule has 0 atom stereocenters. The zero-order valence-corrected chi connectivity index (χ0v) is 12.5. The molecule has 0 N–H and O–H groups in total. The fourth-order valence-corrected chi connectivity index (χ4v) is 2.29. The van der Waals surface area contributed by atoms with Crippen LogP contribution in [0.25, 0.3) is 22.8 Å². The van der Waals surface area contributed by atoms with Gasteiger partial charge in [0.2, 0.25) is 11.7 Å². The SMILES string of the molecule is Fc1cccc(-c2nnn(Cc3coc(-c4ccccc4)n3)n2)c1. The average Bonchev–Trinajstić information content (AvgIpc) is 3.26. The Morgan fingerprint density at radius 3 is 2.67 bits per heavy atom. The third kappa shape index (κ3) is 2.91. The second-order valence-electron chi connectivity index (χ2n) is 5.16. The van der Waals surface area contributed by atoms with Gasteiger partial charge in [0, 0.05) is 11.1 Å². The van der Waals surface area contributed by atoms with Crippen LogP contribution in [-0.2, 0) is 6.54 Å². The number of hydrogen-bond acceptors (Lipinski definition) is 5. The van der Waals surface area contributed by atoms with Crippen molar-refractivity contribution >= 4 is 0 Å². The van der Waals surface area contributed by atoms with Gasteiger partial charge in [0.1, 0.15) is 24.3 Å². The molecule has 0 bridgehead atoms. The first-order chi connectivity index (χ1) is 11.8. The largest absolute Gasteiger partial charge is 0.444 e. The minimum atomic E-state index is -0.340. The zero-order valence-electron chi connectivity index (χ0n) is 12.5. The molecule has 0 aliphatic rings. The van der Waals surface area contributed by atoms with Crippen LogP contribution in [0.2, 0.25) is 0 Å². The van der Waals surface area contributed by atoms with Crippen molar-refractivity contribution in [2.75, 3.05) is 0 Å². The molecule has 0 saturated heterocycles. The van der Waals surface area contributed by atoms with E-state index in [-0.39, 0.29) is 5.82 Å². The van der Waals surface area contributed by atoms with Crippen molar-refractivity contribution in [1.29, 1.82) is 0 Å². The van der Waals surface area contributed by atoms with Crippen LogP contribution in [0.3, 0.4) is 0 Å². The molecule has 0 radical (unpaired) electrons. The summed E-state index contributed by atoms with van der Waals surface area (Å²) in [5.74, 6) is 0.560. The quantitative estimate of drug-likeness (QED) is 0.577. The topological polar surface area (TPSA) is 69.6 Å². The third-order valence-corrected chi connectivity index (χ3v) is 3.41. The van der Waals surface area contributed by atoms with Crippen molar-refractivity contribution in [3.63, 3.8) is 0 Å². The summed E-state index contributed by atoms with van der Waals surface area (Å²) in [6.07, 6.45) is 1.56. The second kappa shape index (κ2) is 6.04. The molecule has 4 aromatic rings. The van der Waals surface area contributed by atoms with Crippen LogP contribution in [0.15, 0.2) is 65.3 Å². The molecule has 2 heterocycles. The Morgan fingerprint density at radius 2 is 1.83 bits per heavy atom. The maximum Gasteiger partial charge on any atom is 0.226 e. The summed E-state index contributed by atoms with van der Waals surface area (Å²) < 4.78 is 18.7. The Bertz CT molecular complexity index is 964. The molecule has 7 heteroatoms. The summed E-state index contributed by atoms with van der Waals surface area (Å²) in [7, 11) is 0. The molecule has 0 fully saturated rings. The highest BCUT2D eigenvalue weighted by atomic mass is 19.1.